The van der Waals surface area contributed by atoms with Crippen LogP contribution >= 0.6 is 0 Å². The first-order chi connectivity index (χ1) is 9.77. The number of para-hydroxylation sites is 1. The van der Waals surface area contributed by atoms with Crippen LogP contribution in [0.4, 0.5) is 5.69 Å². The Balaban J connectivity index is 2.36. The number of rotatable bonds is 6. The molecular formula is C19H21N. The maximum Gasteiger partial charge on any atom is 0.0720 e. The van der Waals surface area contributed by atoms with Gasteiger partial charge in [0.1, 0.15) is 0 Å². The molecule has 0 fully saturated rings. The zero-order chi connectivity index (χ0) is 14.4. The highest BCUT2D eigenvalue weighted by Gasteiger charge is 2.15. The SMILES string of the molecule is C=CCc1ccccc1N(C)C(C=C)c1ccccc1. The van der Waals surface area contributed by atoms with Gasteiger partial charge < -0.3 is 4.90 Å². The fourth-order valence-corrected chi connectivity index (χ4v) is 2.50. The zero-order valence-corrected chi connectivity index (χ0v) is 12.0. The minimum Gasteiger partial charge on any atom is -0.364 e. The molecule has 0 aliphatic carbocycles. The molecular weight excluding hydrogens is 242 g/mol. The molecule has 1 heteroatoms. The van der Waals surface area contributed by atoms with Crippen LogP contribution in [0.1, 0.15) is 17.2 Å². The molecule has 0 radical (unpaired) electrons. The highest BCUT2D eigenvalue weighted by molar-refractivity contribution is 5.56. The normalized spacial score (nSPS) is 11.7. The molecule has 0 saturated carbocycles. The van der Waals surface area contributed by atoms with Gasteiger partial charge in [-0.3, -0.25) is 0 Å². The van der Waals surface area contributed by atoms with Crippen LogP contribution in [0.2, 0.25) is 0 Å². The van der Waals surface area contributed by atoms with Crippen LogP contribution in [0.15, 0.2) is 79.9 Å². The smallest absolute Gasteiger partial charge is 0.0720 e. The molecule has 0 bridgehead atoms. The van der Waals surface area contributed by atoms with Gasteiger partial charge in [-0.15, -0.1) is 13.2 Å². The first-order valence-corrected chi connectivity index (χ1v) is 6.87. The van der Waals surface area contributed by atoms with Gasteiger partial charge in [0.05, 0.1) is 6.04 Å². The lowest BCUT2D eigenvalue weighted by atomic mass is 10.0. The van der Waals surface area contributed by atoms with E-state index < -0.39 is 0 Å². The molecule has 2 aromatic rings. The van der Waals surface area contributed by atoms with Crippen LogP contribution < -0.4 is 4.90 Å². The predicted molar refractivity (Wildman–Crippen MR) is 88.1 cm³/mol. The van der Waals surface area contributed by atoms with Crippen molar-refractivity contribution in [2.75, 3.05) is 11.9 Å². The van der Waals surface area contributed by atoms with E-state index in [0.717, 1.165) is 6.42 Å². The molecule has 0 heterocycles. The zero-order valence-electron chi connectivity index (χ0n) is 12.0. The molecule has 0 amide bonds. The first kappa shape index (κ1) is 14.1. The van der Waals surface area contributed by atoms with Crippen LogP contribution in [0.25, 0.3) is 0 Å². The van der Waals surface area contributed by atoms with E-state index in [1.54, 1.807) is 0 Å². The minimum absolute atomic E-state index is 0.169. The monoisotopic (exact) mass is 263 g/mol. The van der Waals surface area contributed by atoms with E-state index in [0.29, 0.717) is 0 Å². The molecule has 0 aliphatic heterocycles. The maximum absolute atomic E-state index is 4.00. The maximum atomic E-state index is 4.00. The van der Waals surface area contributed by atoms with Gasteiger partial charge in [0.25, 0.3) is 0 Å². The Kier molecular flexibility index (Phi) is 4.78. The van der Waals surface area contributed by atoms with Gasteiger partial charge in [-0.2, -0.15) is 0 Å². The molecule has 1 atom stereocenters. The van der Waals surface area contributed by atoms with Crippen LogP contribution in [-0.4, -0.2) is 7.05 Å². The number of anilines is 1. The fourth-order valence-electron chi connectivity index (χ4n) is 2.50. The Hall–Kier alpha value is -2.28. The summed E-state index contributed by atoms with van der Waals surface area (Å²) in [7, 11) is 2.11. The number of hydrogen-bond acceptors (Lipinski definition) is 1. The standard InChI is InChI=1S/C19H21N/c1-4-11-16-14-9-10-15-19(16)20(3)18(5-2)17-12-7-6-8-13-17/h4-10,12-15,18H,1-2,11H2,3H3. The van der Waals surface area contributed by atoms with Gasteiger partial charge in [0.15, 0.2) is 0 Å². The minimum atomic E-state index is 0.169. The molecule has 2 rings (SSSR count). The summed E-state index contributed by atoms with van der Waals surface area (Å²) in [6, 6.07) is 19.1. The lowest BCUT2D eigenvalue weighted by Gasteiger charge is -2.29. The largest absolute Gasteiger partial charge is 0.364 e. The van der Waals surface area contributed by atoms with Crippen molar-refractivity contribution in [2.45, 2.75) is 12.5 Å². The van der Waals surface area contributed by atoms with Gasteiger partial charge >= 0.3 is 0 Å². The number of benzene rings is 2. The summed E-state index contributed by atoms with van der Waals surface area (Å²) in [6.07, 6.45) is 4.80. The Morgan fingerprint density at radius 1 is 1.00 bits per heavy atom. The van der Waals surface area contributed by atoms with E-state index in [1.165, 1.54) is 16.8 Å². The van der Waals surface area contributed by atoms with Crippen molar-refractivity contribution in [3.05, 3.63) is 91.0 Å². The van der Waals surface area contributed by atoms with Crippen LogP contribution in [0.3, 0.4) is 0 Å². The van der Waals surface area contributed by atoms with E-state index in [9.17, 15) is 0 Å². The second-order valence-corrected chi connectivity index (χ2v) is 4.82. The van der Waals surface area contributed by atoms with E-state index in [-0.39, 0.29) is 6.04 Å². The summed E-state index contributed by atoms with van der Waals surface area (Å²) < 4.78 is 0. The van der Waals surface area contributed by atoms with Crippen molar-refractivity contribution >= 4 is 5.69 Å². The molecule has 102 valence electrons. The third-order valence-corrected chi connectivity index (χ3v) is 3.52. The molecule has 0 N–H and O–H groups in total. The summed E-state index contributed by atoms with van der Waals surface area (Å²) in [6.45, 7) is 7.84. The Labute approximate surface area is 121 Å². The van der Waals surface area contributed by atoms with Crippen molar-refractivity contribution in [1.29, 1.82) is 0 Å². The van der Waals surface area contributed by atoms with Gasteiger partial charge in [-0.1, -0.05) is 60.7 Å². The Bertz CT molecular complexity index is 571. The number of nitrogens with zero attached hydrogens (tertiary/aromatic N) is 1. The summed E-state index contributed by atoms with van der Waals surface area (Å²) in [5, 5.41) is 0. The number of hydrogen-bond donors (Lipinski definition) is 0. The molecule has 2 aromatic carbocycles. The second-order valence-electron chi connectivity index (χ2n) is 4.82. The Morgan fingerprint density at radius 3 is 2.30 bits per heavy atom. The summed E-state index contributed by atoms with van der Waals surface area (Å²) in [4.78, 5) is 2.27. The first-order valence-electron chi connectivity index (χ1n) is 6.87. The quantitative estimate of drug-likeness (QED) is 0.678. The van der Waals surface area contributed by atoms with Gasteiger partial charge in [0.2, 0.25) is 0 Å². The van der Waals surface area contributed by atoms with E-state index >= 15 is 0 Å². The molecule has 1 nitrogen and oxygen atoms in total. The highest BCUT2D eigenvalue weighted by Crippen LogP contribution is 2.29. The van der Waals surface area contributed by atoms with Crippen LogP contribution in [0.5, 0.6) is 0 Å². The molecule has 0 saturated heterocycles. The third kappa shape index (κ3) is 3.00. The molecule has 20 heavy (non-hydrogen) atoms. The van der Waals surface area contributed by atoms with Gasteiger partial charge in [-0.05, 0) is 23.6 Å². The number of likely N-dealkylation sites (N-methyl/N-ethyl adjacent to an activating group) is 1. The van der Waals surface area contributed by atoms with Crippen molar-refractivity contribution in [3.8, 4) is 0 Å². The van der Waals surface area contributed by atoms with Crippen molar-refractivity contribution in [2.24, 2.45) is 0 Å². The summed E-state index contributed by atoms with van der Waals surface area (Å²) in [5.74, 6) is 0. The molecule has 0 aromatic heterocycles. The van der Waals surface area contributed by atoms with E-state index in [2.05, 4.69) is 73.6 Å². The fraction of sp³-hybridized carbons (Fsp3) is 0.158. The predicted octanol–water partition coefficient (Wildman–Crippen LogP) is 4.78. The highest BCUT2D eigenvalue weighted by atomic mass is 15.1. The van der Waals surface area contributed by atoms with Crippen LogP contribution in [-0.2, 0) is 6.42 Å². The van der Waals surface area contributed by atoms with Crippen molar-refractivity contribution in [3.63, 3.8) is 0 Å². The summed E-state index contributed by atoms with van der Waals surface area (Å²) >= 11 is 0. The summed E-state index contributed by atoms with van der Waals surface area (Å²) in [5.41, 5.74) is 3.76. The van der Waals surface area contributed by atoms with Crippen LogP contribution in [0, 0.1) is 0 Å². The third-order valence-electron chi connectivity index (χ3n) is 3.52. The topological polar surface area (TPSA) is 3.24 Å². The van der Waals surface area contributed by atoms with Crippen molar-refractivity contribution in [1.82, 2.24) is 0 Å². The average Bonchev–Trinajstić information content (AvgIpc) is 2.50. The lowest BCUT2D eigenvalue weighted by molar-refractivity contribution is 0.807. The van der Waals surface area contributed by atoms with Gasteiger partial charge in [-0.25, -0.2) is 0 Å². The molecule has 1 unspecified atom stereocenters. The molecule has 0 spiro atoms. The van der Waals surface area contributed by atoms with Crippen molar-refractivity contribution < 1.29 is 0 Å². The Morgan fingerprint density at radius 2 is 1.65 bits per heavy atom. The lowest BCUT2D eigenvalue weighted by Crippen LogP contribution is -2.23. The average molecular weight is 263 g/mol. The van der Waals surface area contributed by atoms with E-state index in [4.69, 9.17) is 0 Å². The second kappa shape index (κ2) is 6.76. The van der Waals surface area contributed by atoms with Gasteiger partial charge in [0, 0.05) is 12.7 Å². The number of allylic oxidation sites excluding steroid dienone is 1. The molecule has 0 aliphatic rings. The van der Waals surface area contributed by atoms with E-state index in [1.807, 2.05) is 18.2 Å².